The van der Waals surface area contributed by atoms with E-state index in [9.17, 15) is 4.79 Å². The summed E-state index contributed by atoms with van der Waals surface area (Å²) < 4.78 is 6.26. The molecule has 1 fully saturated rings. The van der Waals surface area contributed by atoms with E-state index in [1.54, 1.807) is 6.92 Å². The van der Waals surface area contributed by atoms with E-state index >= 15 is 0 Å². The predicted molar refractivity (Wildman–Crippen MR) is 69.3 cm³/mol. The zero-order chi connectivity index (χ0) is 12.5. The van der Waals surface area contributed by atoms with Crippen molar-refractivity contribution in [3.05, 3.63) is 34.3 Å². The van der Waals surface area contributed by atoms with Crippen molar-refractivity contribution < 1.29 is 9.53 Å². The Labute approximate surface area is 109 Å². The second-order valence-corrected chi connectivity index (χ2v) is 5.68. The lowest BCUT2D eigenvalue weighted by Crippen LogP contribution is -2.48. The third-order valence-electron chi connectivity index (χ3n) is 3.15. The third-order valence-corrected chi connectivity index (χ3v) is 3.68. The van der Waals surface area contributed by atoms with E-state index < -0.39 is 5.54 Å². The molecule has 3 nitrogen and oxygen atoms in total. The van der Waals surface area contributed by atoms with Crippen LogP contribution in [0.5, 0.6) is 0 Å². The molecule has 0 aromatic heterocycles. The molecule has 0 amide bonds. The van der Waals surface area contributed by atoms with Crippen molar-refractivity contribution in [2.45, 2.75) is 31.9 Å². The van der Waals surface area contributed by atoms with Crippen LogP contribution in [0, 0.1) is 5.92 Å². The van der Waals surface area contributed by atoms with Crippen LogP contribution in [0.4, 0.5) is 0 Å². The minimum atomic E-state index is -0.824. The molecular formula is C13H16BrNO2. The number of carbonyl (C=O) groups excluding carboxylic acids is 1. The molecule has 4 heteroatoms. The first-order chi connectivity index (χ1) is 8.00. The highest BCUT2D eigenvalue weighted by Gasteiger charge is 2.45. The monoisotopic (exact) mass is 297 g/mol. The topological polar surface area (TPSA) is 52.3 Å². The van der Waals surface area contributed by atoms with Crippen molar-refractivity contribution in [1.82, 2.24) is 0 Å². The molecular weight excluding hydrogens is 282 g/mol. The fourth-order valence-electron chi connectivity index (χ4n) is 1.73. The Bertz CT molecular complexity index is 410. The highest BCUT2D eigenvalue weighted by atomic mass is 79.9. The van der Waals surface area contributed by atoms with Gasteiger partial charge in [-0.3, -0.25) is 4.79 Å². The number of carbonyl (C=O) groups is 1. The van der Waals surface area contributed by atoms with Gasteiger partial charge < -0.3 is 10.5 Å². The van der Waals surface area contributed by atoms with Crippen LogP contribution in [0.3, 0.4) is 0 Å². The van der Waals surface area contributed by atoms with E-state index in [2.05, 4.69) is 15.9 Å². The average molecular weight is 298 g/mol. The summed E-state index contributed by atoms with van der Waals surface area (Å²) in [6.07, 6.45) is 2.06. The van der Waals surface area contributed by atoms with Crippen molar-refractivity contribution in [3.8, 4) is 0 Å². The fraction of sp³-hybridized carbons (Fsp3) is 0.462. The van der Waals surface area contributed by atoms with Gasteiger partial charge in [0.2, 0.25) is 0 Å². The molecule has 1 aromatic rings. The van der Waals surface area contributed by atoms with Gasteiger partial charge in [0.05, 0.1) is 0 Å². The molecule has 0 bridgehead atoms. The zero-order valence-electron chi connectivity index (χ0n) is 9.78. The van der Waals surface area contributed by atoms with Crippen molar-refractivity contribution in [2.24, 2.45) is 11.7 Å². The maximum atomic E-state index is 11.8. The normalized spacial score (nSPS) is 18.5. The maximum absolute atomic E-state index is 11.8. The van der Waals surface area contributed by atoms with Gasteiger partial charge in [-0.2, -0.15) is 0 Å². The molecule has 2 N–H and O–H groups in total. The SMILES string of the molecule is CC(N)(C(=O)OCc1ccc(Br)cc1)C1CC1. The summed E-state index contributed by atoms with van der Waals surface area (Å²) in [4.78, 5) is 11.8. The Hall–Kier alpha value is -0.870. The van der Waals surface area contributed by atoms with E-state index in [4.69, 9.17) is 10.5 Å². The summed E-state index contributed by atoms with van der Waals surface area (Å²) in [5.74, 6) is -0.0113. The van der Waals surface area contributed by atoms with Crippen molar-refractivity contribution in [2.75, 3.05) is 0 Å². The van der Waals surface area contributed by atoms with Crippen LogP contribution in [-0.4, -0.2) is 11.5 Å². The quantitative estimate of drug-likeness (QED) is 0.869. The summed E-state index contributed by atoms with van der Waals surface area (Å²) in [5.41, 5.74) is 6.11. The molecule has 92 valence electrons. The summed E-state index contributed by atoms with van der Waals surface area (Å²) in [7, 11) is 0. The molecule has 0 aliphatic heterocycles. The molecule has 1 saturated carbocycles. The van der Waals surface area contributed by atoms with Gasteiger partial charge in [-0.05, 0) is 43.4 Å². The van der Waals surface area contributed by atoms with Crippen LogP contribution in [0.25, 0.3) is 0 Å². The zero-order valence-corrected chi connectivity index (χ0v) is 11.4. The Morgan fingerprint density at radius 2 is 2.06 bits per heavy atom. The number of rotatable bonds is 4. The summed E-state index contributed by atoms with van der Waals surface area (Å²) >= 11 is 3.36. The minimum absolute atomic E-state index is 0.283. The molecule has 0 radical (unpaired) electrons. The fourth-order valence-corrected chi connectivity index (χ4v) is 2.00. The third kappa shape index (κ3) is 3.07. The van der Waals surface area contributed by atoms with E-state index in [1.165, 1.54) is 0 Å². The van der Waals surface area contributed by atoms with E-state index in [0.29, 0.717) is 5.92 Å². The Kier molecular flexibility index (Phi) is 3.54. The van der Waals surface area contributed by atoms with Gasteiger partial charge >= 0.3 is 5.97 Å². The van der Waals surface area contributed by atoms with Gasteiger partial charge in [-0.25, -0.2) is 0 Å². The van der Waals surface area contributed by atoms with E-state index in [1.807, 2.05) is 24.3 Å². The van der Waals surface area contributed by atoms with Gasteiger partial charge in [0.15, 0.2) is 0 Å². The van der Waals surface area contributed by atoms with Gasteiger partial charge in [-0.15, -0.1) is 0 Å². The number of nitrogens with two attached hydrogens (primary N) is 1. The smallest absolute Gasteiger partial charge is 0.326 e. The number of esters is 1. The predicted octanol–water partition coefficient (Wildman–Crippen LogP) is 2.62. The standard InChI is InChI=1S/C13H16BrNO2/c1-13(15,10-4-5-10)12(16)17-8-9-2-6-11(14)7-3-9/h2-3,6-7,10H,4-5,8,15H2,1H3. The molecule has 2 rings (SSSR count). The lowest BCUT2D eigenvalue weighted by atomic mass is 9.98. The number of hydrogen-bond acceptors (Lipinski definition) is 3. The molecule has 1 atom stereocenters. The highest BCUT2D eigenvalue weighted by Crippen LogP contribution is 2.38. The van der Waals surface area contributed by atoms with Gasteiger partial charge in [-0.1, -0.05) is 28.1 Å². The molecule has 1 aliphatic carbocycles. The summed E-state index contributed by atoms with van der Waals surface area (Å²) in [6.45, 7) is 2.04. The van der Waals surface area contributed by atoms with Crippen molar-refractivity contribution >= 4 is 21.9 Å². The molecule has 1 aliphatic rings. The Balaban J connectivity index is 1.89. The first-order valence-electron chi connectivity index (χ1n) is 5.70. The number of benzene rings is 1. The number of hydrogen-bond donors (Lipinski definition) is 1. The first kappa shape index (κ1) is 12.6. The Morgan fingerprint density at radius 3 is 2.59 bits per heavy atom. The Morgan fingerprint density at radius 1 is 1.47 bits per heavy atom. The van der Waals surface area contributed by atoms with Crippen LogP contribution in [0.2, 0.25) is 0 Å². The van der Waals surface area contributed by atoms with E-state index in [0.717, 1.165) is 22.9 Å². The average Bonchev–Trinajstić information content (AvgIpc) is 3.11. The van der Waals surface area contributed by atoms with Crippen LogP contribution in [0.15, 0.2) is 28.7 Å². The molecule has 1 unspecified atom stereocenters. The summed E-state index contributed by atoms with van der Waals surface area (Å²) in [5, 5.41) is 0. The largest absolute Gasteiger partial charge is 0.459 e. The van der Waals surface area contributed by atoms with Crippen LogP contribution in [-0.2, 0) is 16.1 Å². The van der Waals surface area contributed by atoms with Crippen molar-refractivity contribution in [1.29, 1.82) is 0 Å². The number of halogens is 1. The molecule has 0 spiro atoms. The lowest BCUT2D eigenvalue weighted by molar-refractivity contribution is -0.151. The lowest BCUT2D eigenvalue weighted by Gasteiger charge is -2.21. The maximum Gasteiger partial charge on any atom is 0.326 e. The molecule has 0 heterocycles. The van der Waals surface area contributed by atoms with Gasteiger partial charge in [0, 0.05) is 4.47 Å². The van der Waals surface area contributed by atoms with Crippen LogP contribution in [0.1, 0.15) is 25.3 Å². The van der Waals surface area contributed by atoms with Crippen LogP contribution >= 0.6 is 15.9 Å². The second kappa shape index (κ2) is 4.78. The minimum Gasteiger partial charge on any atom is -0.459 e. The molecule has 0 saturated heterocycles. The second-order valence-electron chi connectivity index (χ2n) is 4.76. The summed E-state index contributed by atoms with van der Waals surface area (Å²) in [6, 6.07) is 7.68. The molecule has 1 aromatic carbocycles. The van der Waals surface area contributed by atoms with E-state index in [-0.39, 0.29) is 12.6 Å². The highest BCUT2D eigenvalue weighted by molar-refractivity contribution is 9.10. The van der Waals surface area contributed by atoms with Gasteiger partial charge in [0.25, 0.3) is 0 Å². The number of ether oxygens (including phenoxy) is 1. The molecule has 17 heavy (non-hydrogen) atoms. The van der Waals surface area contributed by atoms with Crippen LogP contribution < -0.4 is 5.73 Å². The first-order valence-corrected chi connectivity index (χ1v) is 6.50. The van der Waals surface area contributed by atoms with Gasteiger partial charge in [0.1, 0.15) is 12.1 Å². The van der Waals surface area contributed by atoms with Crippen molar-refractivity contribution in [3.63, 3.8) is 0 Å².